The van der Waals surface area contributed by atoms with Crippen LogP contribution < -0.4 is 19.9 Å². The minimum atomic E-state index is -0.556. The Morgan fingerprint density at radius 1 is 1.00 bits per heavy atom. The van der Waals surface area contributed by atoms with Crippen molar-refractivity contribution in [3.63, 3.8) is 0 Å². The predicted octanol–water partition coefficient (Wildman–Crippen LogP) is 1.84. The van der Waals surface area contributed by atoms with Crippen LogP contribution in [0.15, 0.2) is 42.5 Å². The van der Waals surface area contributed by atoms with E-state index in [1.165, 1.54) is 0 Å². The zero-order chi connectivity index (χ0) is 19.1. The van der Waals surface area contributed by atoms with Crippen LogP contribution in [0.2, 0.25) is 0 Å². The Morgan fingerprint density at radius 2 is 1.65 bits per heavy atom. The zero-order valence-electron chi connectivity index (χ0n) is 15.0. The van der Waals surface area contributed by atoms with Gasteiger partial charge in [-0.3, -0.25) is 9.59 Å². The van der Waals surface area contributed by atoms with Gasteiger partial charge < -0.3 is 24.8 Å². The van der Waals surface area contributed by atoms with E-state index in [4.69, 9.17) is 19.9 Å². The minimum absolute atomic E-state index is 0.138. The second-order valence-corrected chi connectivity index (χ2v) is 5.63. The molecular weight excluding hydrogens is 336 g/mol. The maximum absolute atomic E-state index is 12.6. The molecule has 7 nitrogen and oxygen atoms in total. The van der Waals surface area contributed by atoms with Gasteiger partial charge >= 0.3 is 0 Å². The van der Waals surface area contributed by atoms with Gasteiger partial charge in [-0.1, -0.05) is 6.07 Å². The van der Waals surface area contributed by atoms with Crippen molar-refractivity contribution in [2.24, 2.45) is 5.73 Å². The second-order valence-electron chi connectivity index (χ2n) is 5.63. The molecule has 2 aromatic carbocycles. The van der Waals surface area contributed by atoms with E-state index in [1.807, 2.05) is 12.1 Å². The number of nitrogens with two attached hydrogens (primary N) is 1. The normalized spacial score (nSPS) is 10.1. The fraction of sp³-hybridized carbons (Fsp3) is 0.263. The third-order valence-corrected chi connectivity index (χ3v) is 3.70. The molecule has 0 aromatic heterocycles. The second kappa shape index (κ2) is 8.75. The van der Waals surface area contributed by atoms with Crippen molar-refractivity contribution in [3.8, 4) is 17.2 Å². The Kier molecular flexibility index (Phi) is 6.43. The molecule has 0 aliphatic rings. The summed E-state index contributed by atoms with van der Waals surface area (Å²) in [5, 5.41) is 0. The average Bonchev–Trinajstić information content (AvgIpc) is 2.65. The quantitative estimate of drug-likeness (QED) is 0.777. The summed E-state index contributed by atoms with van der Waals surface area (Å²) in [6.45, 7) is 0.214. The standard InChI is InChI=1S/C19H22N2O5/c1-21(11-13-4-9-16(24-2)17(10-13)25-3)19(23)14-5-7-15(8-6-14)26-12-18(20)22/h4-10H,11-12H2,1-3H3,(H2,20,22). The van der Waals surface area contributed by atoms with E-state index < -0.39 is 5.91 Å². The highest BCUT2D eigenvalue weighted by molar-refractivity contribution is 5.94. The number of carbonyl (C=O) groups is 2. The van der Waals surface area contributed by atoms with Gasteiger partial charge in [0, 0.05) is 19.2 Å². The molecule has 0 bridgehead atoms. The molecule has 2 aromatic rings. The van der Waals surface area contributed by atoms with Crippen LogP contribution >= 0.6 is 0 Å². The monoisotopic (exact) mass is 358 g/mol. The van der Waals surface area contributed by atoms with Crippen molar-refractivity contribution in [1.82, 2.24) is 4.90 Å². The Hall–Kier alpha value is -3.22. The number of carbonyl (C=O) groups excluding carboxylic acids is 2. The third-order valence-electron chi connectivity index (χ3n) is 3.70. The molecular formula is C19H22N2O5. The van der Waals surface area contributed by atoms with Crippen molar-refractivity contribution in [2.75, 3.05) is 27.9 Å². The van der Waals surface area contributed by atoms with Crippen LogP contribution in [0.5, 0.6) is 17.2 Å². The zero-order valence-corrected chi connectivity index (χ0v) is 15.0. The number of nitrogens with zero attached hydrogens (tertiary/aromatic N) is 1. The first-order chi connectivity index (χ1) is 12.4. The van der Waals surface area contributed by atoms with Crippen molar-refractivity contribution in [1.29, 1.82) is 0 Å². The van der Waals surface area contributed by atoms with Gasteiger partial charge in [0.05, 0.1) is 14.2 Å². The summed E-state index contributed by atoms with van der Waals surface area (Å²) in [5.41, 5.74) is 6.46. The van der Waals surface area contributed by atoms with Crippen LogP contribution in [0.4, 0.5) is 0 Å². The summed E-state index contributed by atoms with van der Waals surface area (Å²) >= 11 is 0. The Balaban J connectivity index is 2.04. The number of benzene rings is 2. The number of methoxy groups -OCH3 is 2. The molecule has 2 amide bonds. The molecule has 26 heavy (non-hydrogen) atoms. The first-order valence-electron chi connectivity index (χ1n) is 7.92. The highest BCUT2D eigenvalue weighted by Gasteiger charge is 2.14. The van der Waals surface area contributed by atoms with Crippen LogP contribution in [-0.2, 0) is 11.3 Å². The number of hydrogen-bond acceptors (Lipinski definition) is 5. The average molecular weight is 358 g/mol. The highest BCUT2D eigenvalue weighted by atomic mass is 16.5. The minimum Gasteiger partial charge on any atom is -0.493 e. The van der Waals surface area contributed by atoms with Crippen LogP contribution in [0.25, 0.3) is 0 Å². The SMILES string of the molecule is COc1ccc(CN(C)C(=O)c2ccc(OCC(N)=O)cc2)cc1OC. The fourth-order valence-electron chi connectivity index (χ4n) is 2.39. The number of hydrogen-bond donors (Lipinski definition) is 1. The molecule has 0 heterocycles. The van der Waals surface area contributed by atoms with Crippen LogP contribution in [0.3, 0.4) is 0 Å². The largest absolute Gasteiger partial charge is 0.493 e. The number of primary amides is 1. The van der Waals surface area contributed by atoms with Gasteiger partial charge in [-0.2, -0.15) is 0 Å². The van der Waals surface area contributed by atoms with Crippen molar-refractivity contribution in [3.05, 3.63) is 53.6 Å². The van der Waals surface area contributed by atoms with Crippen molar-refractivity contribution >= 4 is 11.8 Å². The van der Waals surface area contributed by atoms with Crippen LogP contribution in [0, 0.1) is 0 Å². The molecule has 138 valence electrons. The topological polar surface area (TPSA) is 91.1 Å². The van der Waals surface area contributed by atoms with Gasteiger partial charge in [-0.05, 0) is 42.0 Å². The lowest BCUT2D eigenvalue weighted by Crippen LogP contribution is -2.26. The molecule has 0 fully saturated rings. The van der Waals surface area contributed by atoms with Crippen LogP contribution in [0.1, 0.15) is 15.9 Å². The molecule has 0 saturated carbocycles. The third kappa shape index (κ3) is 4.89. The lowest BCUT2D eigenvalue weighted by molar-refractivity contribution is -0.119. The smallest absolute Gasteiger partial charge is 0.255 e. The first kappa shape index (κ1) is 19.1. The Labute approximate surface area is 152 Å². The van der Waals surface area contributed by atoms with Gasteiger partial charge in [0.15, 0.2) is 18.1 Å². The summed E-state index contributed by atoms with van der Waals surface area (Å²) in [7, 11) is 4.86. The van der Waals surface area contributed by atoms with Gasteiger partial charge in [-0.25, -0.2) is 0 Å². The maximum atomic E-state index is 12.6. The number of ether oxygens (including phenoxy) is 3. The summed E-state index contributed by atoms with van der Waals surface area (Å²) in [6, 6.07) is 12.1. The van der Waals surface area contributed by atoms with Gasteiger partial charge in [0.25, 0.3) is 11.8 Å². The van der Waals surface area contributed by atoms with E-state index in [-0.39, 0.29) is 12.5 Å². The van der Waals surface area contributed by atoms with Gasteiger partial charge in [0.2, 0.25) is 0 Å². The van der Waals surface area contributed by atoms with Crippen molar-refractivity contribution in [2.45, 2.75) is 6.54 Å². The summed E-state index contributed by atoms with van der Waals surface area (Å²) in [4.78, 5) is 24.9. The molecule has 7 heteroatoms. The Morgan fingerprint density at radius 3 is 2.23 bits per heavy atom. The van der Waals surface area contributed by atoms with E-state index in [0.717, 1.165) is 5.56 Å². The molecule has 2 N–H and O–H groups in total. The maximum Gasteiger partial charge on any atom is 0.255 e. The molecule has 0 radical (unpaired) electrons. The summed E-state index contributed by atoms with van der Waals surface area (Å²) in [5.74, 6) is 1.03. The van der Waals surface area contributed by atoms with Gasteiger partial charge in [-0.15, -0.1) is 0 Å². The van der Waals surface area contributed by atoms with E-state index in [0.29, 0.717) is 29.4 Å². The molecule has 0 aliphatic carbocycles. The molecule has 0 aliphatic heterocycles. The fourth-order valence-corrected chi connectivity index (χ4v) is 2.39. The van der Waals surface area contributed by atoms with Crippen LogP contribution in [-0.4, -0.2) is 44.6 Å². The van der Waals surface area contributed by atoms with E-state index in [9.17, 15) is 9.59 Å². The first-order valence-corrected chi connectivity index (χ1v) is 7.92. The highest BCUT2D eigenvalue weighted by Crippen LogP contribution is 2.28. The molecule has 0 saturated heterocycles. The number of rotatable bonds is 8. The van der Waals surface area contributed by atoms with E-state index in [2.05, 4.69) is 0 Å². The molecule has 0 unspecified atom stereocenters. The number of amides is 2. The Bertz CT molecular complexity index is 774. The lowest BCUT2D eigenvalue weighted by atomic mass is 10.1. The van der Waals surface area contributed by atoms with Crippen molar-refractivity contribution < 1.29 is 23.8 Å². The lowest BCUT2D eigenvalue weighted by Gasteiger charge is -2.18. The molecule has 0 atom stereocenters. The van der Waals surface area contributed by atoms with E-state index >= 15 is 0 Å². The molecule has 2 rings (SSSR count). The summed E-state index contributed by atoms with van der Waals surface area (Å²) < 4.78 is 15.7. The predicted molar refractivity (Wildman–Crippen MR) is 96.5 cm³/mol. The van der Waals surface area contributed by atoms with Gasteiger partial charge in [0.1, 0.15) is 5.75 Å². The molecule has 0 spiro atoms. The van der Waals surface area contributed by atoms with E-state index in [1.54, 1.807) is 56.5 Å². The summed E-state index contributed by atoms with van der Waals surface area (Å²) in [6.07, 6.45) is 0.